The molecule has 1 saturated heterocycles. The Morgan fingerprint density at radius 1 is 0.462 bits per heavy atom. The number of hydrogen-bond acceptors (Lipinski definition) is 4. The first-order chi connectivity index (χ1) is 19.3. The van der Waals surface area contributed by atoms with Gasteiger partial charge in [-0.25, -0.2) is 0 Å². The molecule has 2 radical (unpaired) electrons. The zero-order valence-corrected chi connectivity index (χ0v) is 21.5. The van der Waals surface area contributed by atoms with Gasteiger partial charge < -0.3 is 9.47 Å². The summed E-state index contributed by atoms with van der Waals surface area (Å²) in [7, 11) is 0. The zero-order valence-electron chi connectivity index (χ0n) is 21.5. The Kier molecular flexibility index (Phi) is 6.33. The van der Waals surface area contributed by atoms with Gasteiger partial charge >= 0.3 is 0 Å². The molecule has 5 aromatic carbocycles. The van der Waals surface area contributed by atoms with E-state index in [0.717, 1.165) is 36.1 Å². The average molecular weight is 509 g/mol. The molecule has 190 valence electrons. The van der Waals surface area contributed by atoms with Crippen LogP contribution in [0.1, 0.15) is 34.3 Å². The lowest BCUT2D eigenvalue weighted by Crippen LogP contribution is -2.24. The quantitative estimate of drug-likeness (QED) is 0.239. The molecular weight excluding hydrogens is 480 g/mol. The van der Waals surface area contributed by atoms with Crippen molar-refractivity contribution < 1.29 is 9.47 Å². The van der Waals surface area contributed by atoms with Gasteiger partial charge in [-0.2, -0.15) is 0 Å². The minimum Gasteiger partial charge on any atom is -0.457 e. The van der Waals surface area contributed by atoms with Crippen molar-refractivity contribution in [2.45, 2.75) is 25.2 Å². The van der Waals surface area contributed by atoms with E-state index in [1.54, 1.807) is 0 Å². The molecule has 10 rings (SSSR count). The number of ether oxygens (including phenoxy) is 2. The molecule has 0 saturated carbocycles. The summed E-state index contributed by atoms with van der Waals surface area (Å²) < 4.78 is 12.3. The molecule has 39 heavy (non-hydrogen) atoms. The Bertz CT molecular complexity index is 1420. The van der Waals surface area contributed by atoms with E-state index in [0.29, 0.717) is 0 Å². The van der Waals surface area contributed by atoms with Gasteiger partial charge in [0.05, 0.1) is 12.1 Å². The molecule has 0 amide bonds. The predicted molar refractivity (Wildman–Crippen MR) is 152 cm³/mol. The first-order valence-electron chi connectivity index (χ1n) is 13.3. The summed E-state index contributed by atoms with van der Waals surface area (Å²) in [6.07, 6.45) is 0. The fourth-order valence-electron chi connectivity index (χ4n) is 5.52. The van der Waals surface area contributed by atoms with Crippen LogP contribution in [0.25, 0.3) is 0 Å². The third-order valence-corrected chi connectivity index (χ3v) is 7.34. The van der Waals surface area contributed by atoms with E-state index in [4.69, 9.17) is 9.47 Å². The predicted octanol–water partition coefficient (Wildman–Crippen LogP) is 8.38. The van der Waals surface area contributed by atoms with Gasteiger partial charge in [-0.3, -0.25) is 9.80 Å². The van der Waals surface area contributed by atoms with Gasteiger partial charge in [0.25, 0.3) is 0 Å². The van der Waals surface area contributed by atoms with E-state index >= 15 is 0 Å². The summed E-state index contributed by atoms with van der Waals surface area (Å²) in [6.45, 7) is 5.25. The Morgan fingerprint density at radius 2 is 0.897 bits per heavy atom. The maximum atomic E-state index is 6.16. The van der Waals surface area contributed by atoms with Gasteiger partial charge in [-0.15, -0.1) is 0 Å². The van der Waals surface area contributed by atoms with Crippen molar-refractivity contribution in [2.24, 2.45) is 0 Å². The van der Waals surface area contributed by atoms with Crippen LogP contribution in [0, 0.1) is 6.67 Å². The van der Waals surface area contributed by atoms with Crippen LogP contribution in [0.5, 0.6) is 23.0 Å². The normalized spacial score (nSPS) is 21.9. The molecule has 8 bridgehead atoms. The van der Waals surface area contributed by atoms with Crippen LogP contribution in [0.2, 0.25) is 0 Å². The Hall–Kier alpha value is -4.38. The van der Waals surface area contributed by atoms with E-state index < -0.39 is 0 Å². The van der Waals surface area contributed by atoms with Gasteiger partial charge in [-0.1, -0.05) is 91.0 Å². The second-order valence-corrected chi connectivity index (χ2v) is 10.0. The molecule has 0 N–H and O–H groups in total. The highest BCUT2D eigenvalue weighted by Gasteiger charge is 2.42. The molecule has 4 atom stereocenters. The number of rotatable bonds is 2. The van der Waals surface area contributed by atoms with Crippen molar-refractivity contribution in [1.82, 2.24) is 9.80 Å². The minimum absolute atomic E-state index is 0.107. The van der Waals surface area contributed by atoms with Crippen LogP contribution >= 0.6 is 0 Å². The molecule has 5 aliphatic rings. The summed E-state index contributed by atoms with van der Waals surface area (Å²) in [5.41, 5.74) is 4.95. The molecule has 5 aromatic rings. The van der Waals surface area contributed by atoms with E-state index in [1.807, 2.05) is 48.5 Å². The van der Waals surface area contributed by atoms with Crippen molar-refractivity contribution in [3.8, 4) is 23.0 Å². The summed E-state index contributed by atoms with van der Waals surface area (Å²) in [5.74, 6) is 3.06. The number of benzene rings is 5. The highest BCUT2D eigenvalue weighted by molar-refractivity contribution is 5.41. The average Bonchev–Trinajstić information content (AvgIpc) is 3.33. The molecule has 0 aromatic heterocycles. The standard InChI is InChI=1S/C35H28N2O2/c1-3-8-28(9-4-1)34-35(29-10-5-2-6-11-29)37-24-27-16-20-31(21-17-27)39-33-13-7-12-32(22-33)38-30-18-14-26(15-19-30)23-36(34)25-37/h1-22,34-35H,23-24H2/t34-,35-/m1/s1. The van der Waals surface area contributed by atoms with Gasteiger partial charge in [0.2, 0.25) is 0 Å². The van der Waals surface area contributed by atoms with Crippen molar-refractivity contribution >= 4 is 0 Å². The first-order valence-corrected chi connectivity index (χ1v) is 13.3. The summed E-state index contributed by atoms with van der Waals surface area (Å²) in [6, 6.07) is 46.2. The maximum absolute atomic E-state index is 6.16. The van der Waals surface area contributed by atoms with Crippen LogP contribution < -0.4 is 9.47 Å². The molecule has 0 spiro atoms. The molecule has 4 heteroatoms. The van der Waals surface area contributed by atoms with Crippen LogP contribution in [0.15, 0.2) is 133 Å². The maximum Gasteiger partial charge on any atom is 0.148 e. The molecule has 5 aliphatic heterocycles. The van der Waals surface area contributed by atoms with Crippen LogP contribution in [-0.2, 0) is 13.1 Å². The topological polar surface area (TPSA) is 24.9 Å². The SMILES string of the molecule is [C]1N2Cc3ccc(cc3)Oc3cccc(c3)Oc3ccc(cc3)CN1[C@H](c1ccccc1)[C@H]2c1ccccc1. The van der Waals surface area contributed by atoms with E-state index in [9.17, 15) is 0 Å². The Balaban J connectivity index is 1.32. The van der Waals surface area contributed by atoms with Crippen LogP contribution in [0.3, 0.4) is 0 Å². The third-order valence-electron chi connectivity index (χ3n) is 7.34. The smallest absolute Gasteiger partial charge is 0.148 e. The fraction of sp³-hybridized carbons (Fsp3) is 0.114. The van der Waals surface area contributed by atoms with Crippen molar-refractivity contribution in [2.75, 3.05) is 0 Å². The lowest BCUT2D eigenvalue weighted by molar-refractivity contribution is 0.263. The van der Waals surface area contributed by atoms with Crippen molar-refractivity contribution in [3.63, 3.8) is 0 Å². The number of hydrogen-bond donors (Lipinski definition) is 0. The Labute approximate surface area is 229 Å². The zero-order chi connectivity index (χ0) is 26.0. The summed E-state index contributed by atoms with van der Waals surface area (Å²) in [5, 5.41) is 0. The summed E-state index contributed by atoms with van der Waals surface area (Å²) in [4.78, 5) is 4.71. The fourth-order valence-corrected chi connectivity index (χ4v) is 5.52. The lowest BCUT2D eigenvalue weighted by Gasteiger charge is -2.29. The van der Waals surface area contributed by atoms with Gasteiger partial charge in [-0.05, 0) is 58.7 Å². The molecular formula is C35H28N2O2. The third kappa shape index (κ3) is 5.05. The van der Waals surface area contributed by atoms with Crippen LogP contribution in [-0.4, -0.2) is 9.80 Å². The molecule has 5 heterocycles. The minimum atomic E-state index is 0.107. The van der Waals surface area contributed by atoms with Gasteiger partial charge in [0.1, 0.15) is 29.7 Å². The Morgan fingerprint density at radius 3 is 1.33 bits per heavy atom. The molecule has 4 nitrogen and oxygen atoms in total. The molecule has 1 fully saturated rings. The number of nitrogens with zero attached hydrogens (tertiary/aromatic N) is 2. The van der Waals surface area contributed by atoms with Gasteiger partial charge in [0, 0.05) is 19.2 Å². The first kappa shape index (κ1) is 23.7. The van der Waals surface area contributed by atoms with Crippen molar-refractivity contribution in [1.29, 1.82) is 0 Å². The van der Waals surface area contributed by atoms with Crippen LogP contribution in [0.4, 0.5) is 0 Å². The molecule has 2 unspecified atom stereocenters. The van der Waals surface area contributed by atoms with Crippen molar-refractivity contribution in [3.05, 3.63) is 162 Å². The highest BCUT2D eigenvalue weighted by Crippen LogP contribution is 2.47. The molecule has 0 aliphatic carbocycles. The van der Waals surface area contributed by atoms with E-state index in [-0.39, 0.29) is 12.1 Å². The van der Waals surface area contributed by atoms with E-state index in [2.05, 4.69) is 101 Å². The second kappa shape index (κ2) is 10.4. The largest absolute Gasteiger partial charge is 0.457 e. The second-order valence-electron chi connectivity index (χ2n) is 10.0. The van der Waals surface area contributed by atoms with Gasteiger partial charge in [0.15, 0.2) is 0 Å². The highest BCUT2D eigenvalue weighted by atomic mass is 16.5. The monoisotopic (exact) mass is 508 g/mol. The van der Waals surface area contributed by atoms with E-state index in [1.165, 1.54) is 22.3 Å². The lowest BCUT2D eigenvalue weighted by atomic mass is 9.92. The summed E-state index contributed by atoms with van der Waals surface area (Å²) >= 11 is 0.